The molecule has 0 amide bonds. The number of para-hydroxylation sites is 1. The molecule has 92 valence electrons. The van der Waals surface area contributed by atoms with Gasteiger partial charge in [-0.1, -0.05) is 12.1 Å². The maximum Gasteiger partial charge on any atom is 0.152 e. The van der Waals surface area contributed by atoms with Crippen molar-refractivity contribution < 1.29 is 13.6 Å². The van der Waals surface area contributed by atoms with Crippen LogP contribution in [-0.4, -0.2) is 13.3 Å². The molecule has 0 N–H and O–H groups in total. The number of carbonyl (C=O) groups excluding carboxylic acids is 1. The first-order chi connectivity index (χ1) is 8.63. The van der Waals surface area contributed by atoms with E-state index >= 15 is 0 Å². The number of carbonyl (C=O) groups is 1. The minimum absolute atomic E-state index is 0.137. The second-order valence-corrected chi connectivity index (χ2v) is 3.83. The number of nitrogens with zero attached hydrogens (tertiary/aromatic N) is 1. The topological polar surface area (TPSA) is 20.3 Å². The molecule has 0 bridgehead atoms. The molecule has 0 spiro atoms. The Morgan fingerprint density at radius 1 is 1.11 bits per heavy atom. The molecule has 18 heavy (non-hydrogen) atoms. The van der Waals surface area contributed by atoms with E-state index in [1.807, 2.05) is 0 Å². The lowest BCUT2D eigenvalue weighted by Gasteiger charge is -2.21. The van der Waals surface area contributed by atoms with Gasteiger partial charge in [-0.3, -0.25) is 4.79 Å². The Morgan fingerprint density at radius 2 is 1.83 bits per heavy atom. The Balaban J connectivity index is 2.52. The van der Waals surface area contributed by atoms with E-state index in [2.05, 4.69) is 0 Å². The first-order valence-corrected chi connectivity index (χ1v) is 5.36. The van der Waals surface area contributed by atoms with Crippen LogP contribution in [-0.2, 0) is 0 Å². The molecule has 0 aliphatic carbocycles. The molecule has 0 fully saturated rings. The average Bonchev–Trinajstić information content (AvgIpc) is 2.37. The van der Waals surface area contributed by atoms with Crippen molar-refractivity contribution in [3.05, 3.63) is 59.7 Å². The molecule has 0 radical (unpaired) electrons. The van der Waals surface area contributed by atoms with Crippen LogP contribution in [0, 0.1) is 11.6 Å². The third-order valence-corrected chi connectivity index (χ3v) is 2.68. The van der Waals surface area contributed by atoms with Crippen LogP contribution < -0.4 is 4.90 Å². The Morgan fingerprint density at radius 3 is 2.50 bits per heavy atom. The predicted molar refractivity (Wildman–Crippen MR) is 66.3 cm³/mol. The van der Waals surface area contributed by atoms with E-state index in [1.165, 1.54) is 41.3 Å². The van der Waals surface area contributed by atoms with Crippen molar-refractivity contribution in [2.45, 2.75) is 0 Å². The third-order valence-electron chi connectivity index (χ3n) is 2.68. The van der Waals surface area contributed by atoms with Crippen molar-refractivity contribution in [2.75, 3.05) is 11.9 Å². The molecule has 2 aromatic rings. The Labute approximate surface area is 103 Å². The highest BCUT2D eigenvalue weighted by Crippen LogP contribution is 2.29. The van der Waals surface area contributed by atoms with Gasteiger partial charge in [0.05, 0.1) is 5.69 Å². The van der Waals surface area contributed by atoms with Crippen LogP contribution in [0.4, 0.5) is 20.2 Å². The van der Waals surface area contributed by atoms with E-state index in [4.69, 9.17) is 0 Å². The molecule has 0 aliphatic rings. The number of aldehydes is 1. The second kappa shape index (κ2) is 4.96. The third kappa shape index (κ3) is 2.22. The maximum absolute atomic E-state index is 13.8. The first kappa shape index (κ1) is 12.2. The Kier molecular flexibility index (Phi) is 3.37. The van der Waals surface area contributed by atoms with E-state index in [-0.39, 0.29) is 11.3 Å². The number of anilines is 2. The van der Waals surface area contributed by atoms with Gasteiger partial charge in [0.1, 0.15) is 11.6 Å². The average molecular weight is 247 g/mol. The quantitative estimate of drug-likeness (QED) is 0.773. The molecule has 0 aliphatic heterocycles. The highest BCUT2D eigenvalue weighted by Gasteiger charge is 2.14. The van der Waals surface area contributed by atoms with E-state index < -0.39 is 11.6 Å². The van der Waals surface area contributed by atoms with E-state index in [9.17, 15) is 13.6 Å². The van der Waals surface area contributed by atoms with Gasteiger partial charge in [0.15, 0.2) is 6.29 Å². The molecule has 0 aromatic heterocycles. The molecule has 0 atom stereocenters. The standard InChI is InChI=1S/C14H11F2NO/c1-17(12-6-3-5-11(15)8-12)14-10(9-18)4-2-7-13(14)16/h2-9H,1H3. The van der Waals surface area contributed by atoms with Gasteiger partial charge in [0, 0.05) is 18.3 Å². The molecular weight excluding hydrogens is 236 g/mol. The molecule has 2 rings (SSSR count). The number of hydrogen-bond acceptors (Lipinski definition) is 2. The molecule has 2 aromatic carbocycles. The van der Waals surface area contributed by atoms with Gasteiger partial charge in [0.2, 0.25) is 0 Å². The summed E-state index contributed by atoms with van der Waals surface area (Å²) in [5, 5.41) is 0. The number of halogens is 2. The van der Waals surface area contributed by atoms with Gasteiger partial charge in [-0.25, -0.2) is 8.78 Å². The second-order valence-electron chi connectivity index (χ2n) is 3.83. The SMILES string of the molecule is CN(c1cccc(F)c1)c1c(F)cccc1C=O. The zero-order valence-corrected chi connectivity index (χ0v) is 9.73. The minimum atomic E-state index is -0.522. The normalized spacial score (nSPS) is 10.2. The van der Waals surface area contributed by atoms with Gasteiger partial charge in [0.25, 0.3) is 0 Å². The van der Waals surface area contributed by atoms with Gasteiger partial charge >= 0.3 is 0 Å². The summed E-state index contributed by atoms with van der Waals surface area (Å²) in [6, 6.07) is 9.99. The fourth-order valence-corrected chi connectivity index (χ4v) is 1.79. The highest BCUT2D eigenvalue weighted by molar-refractivity contribution is 5.86. The van der Waals surface area contributed by atoms with E-state index in [0.29, 0.717) is 12.0 Å². The van der Waals surface area contributed by atoms with Crippen molar-refractivity contribution in [3.8, 4) is 0 Å². The van der Waals surface area contributed by atoms with Gasteiger partial charge in [-0.2, -0.15) is 0 Å². The van der Waals surface area contributed by atoms with Crippen molar-refractivity contribution in [3.63, 3.8) is 0 Å². The van der Waals surface area contributed by atoms with Crippen LogP contribution in [0.2, 0.25) is 0 Å². The summed E-state index contributed by atoms with van der Waals surface area (Å²) in [5.41, 5.74) is 0.836. The largest absolute Gasteiger partial charge is 0.342 e. The van der Waals surface area contributed by atoms with Crippen LogP contribution in [0.25, 0.3) is 0 Å². The molecule has 0 saturated carbocycles. The van der Waals surface area contributed by atoms with Crippen molar-refractivity contribution in [1.29, 1.82) is 0 Å². The highest BCUT2D eigenvalue weighted by atomic mass is 19.1. The summed E-state index contributed by atoms with van der Waals surface area (Å²) in [6.45, 7) is 0. The Hall–Kier alpha value is -2.23. The zero-order valence-electron chi connectivity index (χ0n) is 9.73. The van der Waals surface area contributed by atoms with Crippen LogP contribution in [0.5, 0.6) is 0 Å². The molecule has 2 nitrogen and oxygen atoms in total. The fourth-order valence-electron chi connectivity index (χ4n) is 1.79. The number of benzene rings is 2. The molecular formula is C14H11F2NO. The van der Waals surface area contributed by atoms with Gasteiger partial charge in [-0.15, -0.1) is 0 Å². The van der Waals surface area contributed by atoms with Gasteiger partial charge in [-0.05, 0) is 30.3 Å². The number of rotatable bonds is 3. The predicted octanol–water partition coefficient (Wildman–Crippen LogP) is 3.55. The zero-order chi connectivity index (χ0) is 13.1. The first-order valence-electron chi connectivity index (χ1n) is 5.36. The molecule has 0 saturated heterocycles. The molecule has 0 heterocycles. The van der Waals surface area contributed by atoms with Crippen LogP contribution in [0.3, 0.4) is 0 Å². The monoisotopic (exact) mass is 247 g/mol. The minimum Gasteiger partial charge on any atom is -0.342 e. The molecule has 4 heteroatoms. The lowest BCUT2D eigenvalue weighted by Crippen LogP contribution is -2.13. The lowest BCUT2D eigenvalue weighted by molar-refractivity contribution is 0.112. The van der Waals surface area contributed by atoms with E-state index in [0.717, 1.165) is 0 Å². The van der Waals surface area contributed by atoms with Crippen LogP contribution in [0.15, 0.2) is 42.5 Å². The number of hydrogen-bond donors (Lipinski definition) is 0. The lowest BCUT2D eigenvalue weighted by atomic mass is 10.1. The molecule has 0 unspecified atom stereocenters. The van der Waals surface area contributed by atoms with Crippen molar-refractivity contribution >= 4 is 17.7 Å². The smallest absolute Gasteiger partial charge is 0.152 e. The summed E-state index contributed by atoms with van der Waals surface area (Å²) >= 11 is 0. The summed E-state index contributed by atoms with van der Waals surface area (Å²) in [7, 11) is 1.58. The Bertz CT molecular complexity index is 584. The summed E-state index contributed by atoms with van der Waals surface area (Å²) in [5.74, 6) is -0.935. The van der Waals surface area contributed by atoms with E-state index in [1.54, 1.807) is 13.1 Å². The summed E-state index contributed by atoms with van der Waals surface area (Å²) in [6.07, 6.45) is 0.578. The van der Waals surface area contributed by atoms with Crippen LogP contribution in [0.1, 0.15) is 10.4 Å². The van der Waals surface area contributed by atoms with Crippen molar-refractivity contribution in [2.24, 2.45) is 0 Å². The maximum atomic E-state index is 13.8. The summed E-state index contributed by atoms with van der Waals surface area (Å²) < 4.78 is 26.9. The van der Waals surface area contributed by atoms with Crippen LogP contribution >= 0.6 is 0 Å². The fraction of sp³-hybridized carbons (Fsp3) is 0.0714. The van der Waals surface area contributed by atoms with Crippen molar-refractivity contribution in [1.82, 2.24) is 0 Å². The van der Waals surface area contributed by atoms with Gasteiger partial charge < -0.3 is 4.90 Å². The summed E-state index contributed by atoms with van der Waals surface area (Å²) in [4.78, 5) is 12.4.